The maximum atomic E-state index is 12.0. The molecule has 2 saturated heterocycles. The Balaban J connectivity index is 1.80. The molecule has 2 rings (SSSR count). The van der Waals surface area contributed by atoms with Crippen molar-refractivity contribution in [2.75, 3.05) is 32.8 Å². The highest BCUT2D eigenvalue weighted by Crippen LogP contribution is 2.24. The van der Waals surface area contributed by atoms with E-state index in [4.69, 9.17) is 9.84 Å². The Morgan fingerprint density at radius 2 is 2.05 bits per heavy atom. The number of ether oxygens (including phenoxy) is 1. The van der Waals surface area contributed by atoms with Gasteiger partial charge in [-0.3, -0.25) is 4.79 Å². The SMILES string of the molecule is CC(C)(C)OC(=O)N1CCC(CN2CC(CO)CC2=O)C1. The number of nitrogens with zero attached hydrogens (tertiary/aromatic N) is 2. The molecule has 0 spiro atoms. The number of aliphatic hydroxyl groups excluding tert-OH is 1. The van der Waals surface area contributed by atoms with Crippen LogP contribution in [0.5, 0.6) is 0 Å². The molecule has 0 aromatic rings. The molecule has 21 heavy (non-hydrogen) atoms. The molecule has 6 nitrogen and oxygen atoms in total. The Morgan fingerprint density at radius 1 is 1.33 bits per heavy atom. The zero-order valence-corrected chi connectivity index (χ0v) is 13.2. The number of hydrogen-bond donors (Lipinski definition) is 1. The summed E-state index contributed by atoms with van der Waals surface area (Å²) in [5.74, 6) is 0.490. The van der Waals surface area contributed by atoms with E-state index in [1.54, 1.807) is 4.90 Å². The maximum Gasteiger partial charge on any atom is 0.410 e. The maximum absolute atomic E-state index is 12.0. The van der Waals surface area contributed by atoms with Gasteiger partial charge in [0.05, 0.1) is 0 Å². The van der Waals surface area contributed by atoms with Gasteiger partial charge in [-0.2, -0.15) is 0 Å². The number of hydrogen-bond acceptors (Lipinski definition) is 4. The molecule has 0 aliphatic carbocycles. The molecule has 2 amide bonds. The first-order valence-electron chi connectivity index (χ1n) is 7.65. The predicted molar refractivity (Wildman–Crippen MR) is 77.7 cm³/mol. The van der Waals surface area contributed by atoms with Crippen LogP contribution in [0.3, 0.4) is 0 Å². The molecule has 0 bridgehead atoms. The average molecular weight is 298 g/mol. The fourth-order valence-corrected chi connectivity index (χ4v) is 2.94. The van der Waals surface area contributed by atoms with E-state index in [-0.39, 0.29) is 24.5 Å². The van der Waals surface area contributed by atoms with Crippen LogP contribution in [0.1, 0.15) is 33.6 Å². The molecule has 0 radical (unpaired) electrons. The first-order chi connectivity index (χ1) is 9.78. The standard InChI is InChI=1S/C15H26N2O4/c1-15(2,3)21-14(20)16-5-4-11(7-16)8-17-9-12(10-18)6-13(17)19/h11-12,18H,4-10H2,1-3H3. The first-order valence-corrected chi connectivity index (χ1v) is 7.65. The summed E-state index contributed by atoms with van der Waals surface area (Å²) < 4.78 is 5.37. The van der Waals surface area contributed by atoms with Crippen LogP contribution >= 0.6 is 0 Å². The van der Waals surface area contributed by atoms with Crippen molar-refractivity contribution < 1.29 is 19.4 Å². The minimum absolute atomic E-state index is 0.0664. The van der Waals surface area contributed by atoms with Gasteiger partial charge in [0.25, 0.3) is 0 Å². The van der Waals surface area contributed by atoms with Gasteiger partial charge in [-0.05, 0) is 33.1 Å². The fourth-order valence-electron chi connectivity index (χ4n) is 2.94. The minimum Gasteiger partial charge on any atom is -0.444 e. The van der Waals surface area contributed by atoms with Gasteiger partial charge in [-0.15, -0.1) is 0 Å². The van der Waals surface area contributed by atoms with Gasteiger partial charge in [-0.25, -0.2) is 4.79 Å². The van der Waals surface area contributed by atoms with Crippen LogP contribution in [0.4, 0.5) is 4.79 Å². The van der Waals surface area contributed by atoms with Crippen molar-refractivity contribution in [2.45, 2.75) is 39.2 Å². The molecule has 2 aliphatic heterocycles. The zero-order chi connectivity index (χ0) is 15.6. The number of carbonyl (C=O) groups is 2. The molecule has 2 aliphatic rings. The van der Waals surface area contributed by atoms with E-state index in [1.807, 2.05) is 25.7 Å². The largest absolute Gasteiger partial charge is 0.444 e. The number of aliphatic hydroxyl groups is 1. The second kappa shape index (κ2) is 6.22. The van der Waals surface area contributed by atoms with Crippen LogP contribution < -0.4 is 0 Å². The molecule has 0 aromatic heterocycles. The highest BCUT2D eigenvalue weighted by atomic mass is 16.6. The smallest absolute Gasteiger partial charge is 0.410 e. The van der Waals surface area contributed by atoms with Crippen molar-refractivity contribution in [1.82, 2.24) is 9.80 Å². The Hall–Kier alpha value is -1.30. The number of likely N-dealkylation sites (tertiary alicyclic amines) is 2. The molecule has 0 aromatic carbocycles. The van der Waals surface area contributed by atoms with E-state index in [9.17, 15) is 9.59 Å². The third-order valence-electron chi connectivity index (χ3n) is 3.97. The van der Waals surface area contributed by atoms with Crippen molar-refractivity contribution in [3.05, 3.63) is 0 Å². The van der Waals surface area contributed by atoms with E-state index in [0.717, 1.165) is 6.42 Å². The Labute approximate surface area is 126 Å². The normalized spacial score (nSPS) is 26.6. The van der Waals surface area contributed by atoms with E-state index in [2.05, 4.69) is 0 Å². The Kier molecular flexibility index (Phi) is 4.76. The molecule has 0 saturated carbocycles. The summed E-state index contributed by atoms with van der Waals surface area (Å²) in [6.45, 7) is 8.28. The third kappa shape index (κ3) is 4.33. The van der Waals surface area contributed by atoms with E-state index >= 15 is 0 Å². The summed E-state index contributed by atoms with van der Waals surface area (Å²) in [6, 6.07) is 0. The quantitative estimate of drug-likeness (QED) is 0.846. The summed E-state index contributed by atoms with van der Waals surface area (Å²) in [5, 5.41) is 9.14. The summed E-state index contributed by atoms with van der Waals surface area (Å²) in [7, 11) is 0. The fraction of sp³-hybridized carbons (Fsp3) is 0.867. The van der Waals surface area contributed by atoms with Gasteiger partial charge in [0.2, 0.25) is 5.91 Å². The average Bonchev–Trinajstić information content (AvgIpc) is 2.95. The van der Waals surface area contributed by atoms with Crippen molar-refractivity contribution >= 4 is 12.0 Å². The molecular weight excluding hydrogens is 272 g/mol. The highest BCUT2D eigenvalue weighted by Gasteiger charge is 2.34. The van der Waals surface area contributed by atoms with Crippen molar-refractivity contribution in [1.29, 1.82) is 0 Å². The monoisotopic (exact) mass is 298 g/mol. The number of rotatable bonds is 3. The number of carbonyl (C=O) groups excluding carboxylic acids is 2. The molecular formula is C15H26N2O4. The molecule has 6 heteroatoms. The third-order valence-corrected chi connectivity index (χ3v) is 3.97. The van der Waals surface area contributed by atoms with Crippen molar-refractivity contribution in [2.24, 2.45) is 11.8 Å². The van der Waals surface area contributed by atoms with Crippen LogP contribution in [-0.2, 0) is 9.53 Å². The zero-order valence-electron chi connectivity index (χ0n) is 13.2. The second-order valence-corrected chi connectivity index (χ2v) is 7.13. The summed E-state index contributed by atoms with van der Waals surface area (Å²) in [5.41, 5.74) is -0.478. The van der Waals surface area contributed by atoms with Gasteiger partial charge >= 0.3 is 6.09 Å². The van der Waals surface area contributed by atoms with Crippen LogP contribution in [0.15, 0.2) is 0 Å². The molecule has 120 valence electrons. The summed E-state index contributed by atoms with van der Waals surface area (Å²) in [6.07, 6.45) is 1.07. The molecule has 1 N–H and O–H groups in total. The van der Waals surface area contributed by atoms with E-state index in [1.165, 1.54) is 0 Å². The lowest BCUT2D eigenvalue weighted by molar-refractivity contribution is -0.128. The summed E-state index contributed by atoms with van der Waals surface area (Å²) in [4.78, 5) is 27.4. The van der Waals surface area contributed by atoms with E-state index in [0.29, 0.717) is 38.5 Å². The number of amides is 2. The molecule has 2 heterocycles. The van der Waals surface area contributed by atoms with Gasteiger partial charge in [0.15, 0.2) is 0 Å². The van der Waals surface area contributed by atoms with Crippen LogP contribution in [0, 0.1) is 11.8 Å². The highest BCUT2D eigenvalue weighted by molar-refractivity contribution is 5.78. The van der Waals surface area contributed by atoms with Gasteiger partial charge in [0, 0.05) is 45.1 Å². The van der Waals surface area contributed by atoms with Crippen molar-refractivity contribution in [3.8, 4) is 0 Å². The van der Waals surface area contributed by atoms with Gasteiger partial charge in [-0.1, -0.05) is 0 Å². The Bertz CT molecular complexity index is 405. The van der Waals surface area contributed by atoms with Gasteiger partial charge < -0.3 is 19.6 Å². The Morgan fingerprint density at radius 3 is 2.62 bits per heavy atom. The lowest BCUT2D eigenvalue weighted by Gasteiger charge is -2.25. The lowest BCUT2D eigenvalue weighted by Crippen LogP contribution is -2.37. The van der Waals surface area contributed by atoms with Gasteiger partial charge in [0.1, 0.15) is 5.60 Å². The molecule has 2 unspecified atom stereocenters. The van der Waals surface area contributed by atoms with Crippen LogP contribution in [0.2, 0.25) is 0 Å². The minimum atomic E-state index is -0.478. The second-order valence-electron chi connectivity index (χ2n) is 7.13. The van der Waals surface area contributed by atoms with Crippen LogP contribution in [0.25, 0.3) is 0 Å². The first kappa shape index (κ1) is 16.1. The van der Waals surface area contributed by atoms with Crippen molar-refractivity contribution in [3.63, 3.8) is 0 Å². The lowest BCUT2D eigenvalue weighted by atomic mass is 10.1. The molecule has 2 fully saturated rings. The van der Waals surface area contributed by atoms with Crippen LogP contribution in [-0.4, -0.2) is 65.3 Å². The molecule has 2 atom stereocenters. The van der Waals surface area contributed by atoms with E-state index < -0.39 is 5.60 Å². The predicted octanol–water partition coefficient (Wildman–Crippen LogP) is 1.08. The topological polar surface area (TPSA) is 70.1 Å². The summed E-state index contributed by atoms with van der Waals surface area (Å²) >= 11 is 0.